The van der Waals surface area contributed by atoms with Crippen molar-refractivity contribution in [1.29, 1.82) is 0 Å². The van der Waals surface area contributed by atoms with Crippen molar-refractivity contribution in [3.63, 3.8) is 0 Å². The first-order valence-corrected chi connectivity index (χ1v) is 5.69. The maximum Gasteiger partial charge on any atom is 0.242 e. The van der Waals surface area contributed by atoms with Gasteiger partial charge in [-0.2, -0.15) is 4.98 Å². The number of nitrogens with two attached hydrogens (primary N) is 1. The first kappa shape index (κ1) is 14.5. The third kappa shape index (κ3) is 3.44. The summed E-state index contributed by atoms with van der Waals surface area (Å²) in [6.07, 6.45) is 1.25. The third-order valence-electron chi connectivity index (χ3n) is 2.31. The molecule has 0 aliphatic carbocycles. The summed E-state index contributed by atoms with van der Waals surface area (Å²) in [5.74, 6) is 0.604. The van der Waals surface area contributed by atoms with Gasteiger partial charge in [0.1, 0.15) is 12.0 Å². The van der Waals surface area contributed by atoms with Crippen molar-refractivity contribution in [1.82, 2.24) is 9.97 Å². The number of hydrogen-bond donors (Lipinski definition) is 4. The van der Waals surface area contributed by atoms with Crippen molar-refractivity contribution in [3.05, 3.63) is 6.33 Å². The Morgan fingerprint density at radius 1 is 1.39 bits per heavy atom. The van der Waals surface area contributed by atoms with E-state index in [1.54, 1.807) is 6.92 Å². The number of anilines is 2. The van der Waals surface area contributed by atoms with Crippen LogP contribution < -0.4 is 15.8 Å². The molecule has 0 aliphatic rings. The third-order valence-corrected chi connectivity index (χ3v) is 2.31. The molecule has 0 saturated carbocycles. The van der Waals surface area contributed by atoms with Gasteiger partial charge in [0.05, 0.1) is 24.9 Å². The fourth-order valence-corrected chi connectivity index (χ4v) is 1.21. The second-order valence-electron chi connectivity index (χ2n) is 4.61. The zero-order chi connectivity index (χ0) is 13.8. The molecule has 0 bridgehead atoms. The summed E-state index contributed by atoms with van der Waals surface area (Å²) in [5.41, 5.74) is 5.22. The molecule has 0 aliphatic heterocycles. The molecule has 0 fully saturated rings. The van der Waals surface area contributed by atoms with Crippen LogP contribution in [0.4, 0.5) is 11.5 Å². The van der Waals surface area contributed by atoms with Crippen molar-refractivity contribution >= 4 is 11.5 Å². The van der Waals surface area contributed by atoms with E-state index in [1.165, 1.54) is 6.33 Å². The number of aliphatic hydroxyl groups excluding tert-OH is 2. The van der Waals surface area contributed by atoms with Gasteiger partial charge in [0.15, 0.2) is 5.82 Å². The molecule has 0 atom stereocenters. The Bertz CT molecular complexity index is 394. The van der Waals surface area contributed by atoms with Crippen LogP contribution in [-0.2, 0) is 0 Å². The molecule has 7 nitrogen and oxygen atoms in total. The predicted molar refractivity (Wildman–Crippen MR) is 68.4 cm³/mol. The van der Waals surface area contributed by atoms with E-state index in [9.17, 15) is 10.2 Å². The monoisotopic (exact) mass is 256 g/mol. The predicted octanol–water partition coefficient (Wildman–Crippen LogP) is 0.00120. The molecular weight excluding hydrogens is 236 g/mol. The van der Waals surface area contributed by atoms with Crippen LogP contribution in [-0.4, -0.2) is 45.0 Å². The van der Waals surface area contributed by atoms with E-state index in [-0.39, 0.29) is 30.9 Å². The Morgan fingerprint density at radius 3 is 2.50 bits per heavy atom. The molecule has 0 saturated heterocycles. The minimum atomic E-state index is -0.905. The van der Waals surface area contributed by atoms with Crippen LogP contribution in [0.15, 0.2) is 6.33 Å². The lowest BCUT2D eigenvalue weighted by atomic mass is 10.1. The van der Waals surface area contributed by atoms with E-state index in [2.05, 4.69) is 15.3 Å². The zero-order valence-electron chi connectivity index (χ0n) is 10.8. The van der Waals surface area contributed by atoms with Crippen molar-refractivity contribution in [2.75, 3.05) is 24.3 Å². The average Bonchev–Trinajstić information content (AvgIpc) is 2.33. The number of ether oxygens (including phenoxy) is 1. The number of aromatic nitrogens is 2. The number of nitrogens with zero attached hydrogens (tertiary/aromatic N) is 2. The molecule has 18 heavy (non-hydrogen) atoms. The van der Waals surface area contributed by atoms with E-state index in [0.717, 1.165) is 0 Å². The first-order chi connectivity index (χ1) is 8.41. The summed E-state index contributed by atoms with van der Waals surface area (Å²) in [5, 5.41) is 21.3. The highest BCUT2D eigenvalue weighted by atomic mass is 16.5. The topological polar surface area (TPSA) is 114 Å². The molecule has 1 aromatic heterocycles. The lowest BCUT2D eigenvalue weighted by Gasteiger charge is -2.27. The van der Waals surface area contributed by atoms with Gasteiger partial charge in [0, 0.05) is 0 Å². The van der Waals surface area contributed by atoms with E-state index >= 15 is 0 Å². The zero-order valence-corrected chi connectivity index (χ0v) is 10.8. The highest BCUT2D eigenvalue weighted by Crippen LogP contribution is 2.27. The van der Waals surface area contributed by atoms with Gasteiger partial charge in [0.2, 0.25) is 5.88 Å². The fraction of sp³-hybridized carbons (Fsp3) is 0.636. The van der Waals surface area contributed by atoms with Gasteiger partial charge in [-0.3, -0.25) is 0 Å². The number of aliphatic hydroxyl groups is 2. The maximum absolute atomic E-state index is 9.21. The van der Waals surface area contributed by atoms with E-state index in [0.29, 0.717) is 5.82 Å². The van der Waals surface area contributed by atoms with Crippen LogP contribution in [0.3, 0.4) is 0 Å². The molecule has 1 heterocycles. The van der Waals surface area contributed by atoms with Gasteiger partial charge in [-0.15, -0.1) is 0 Å². The largest absolute Gasteiger partial charge is 0.473 e. The normalized spacial score (nSPS) is 11.7. The van der Waals surface area contributed by atoms with Gasteiger partial charge in [-0.25, -0.2) is 4.98 Å². The van der Waals surface area contributed by atoms with Crippen LogP contribution in [0, 0.1) is 0 Å². The fourth-order valence-electron chi connectivity index (χ4n) is 1.21. The Kier molecular flexibility index (Phi) is 4.69. The van der Waals surface area contributed by atoms with Crippen LogP contribution >= 0.6 is 0 Å². The number of rotatable bonds is 6. The van der Waals surface area contributed by atoms with Crippen LogP contribution in [0.1, 0.15) is 20.8 Å². The smallest absolute Gasteiger partial charge is 0.242 e. The second kappa shape index (κ2) is 5.83. The van der Waals surface area contributed by atoms with Gasteiger partial charge in [0.25, 0.3) is 0 Å². The standard InChI is InChI=1S/C11H20N4O3/c1-7(2)18-10-8(12)9(13-6-14-10)15-11(3,4-16)5-17/h6-7,16-17H,4-5,12H2,1-3H3,(H,13,14,15). The average molecular weight is 256 g/mol. The van der Waals surface area contributed by atoms with Crippen molar-refractivity contribution in [3.8, 4) is 5.88 Å². The molecular formula is C11H20N4O3. The number of hydrogen-bond acceptors (Lipinski definition) is 7. The van der Waals surface area contributed by atoms with Gasteiger partial charge in [-0.1, -0.05) is 0 Å². The molecule has 0 amide bonds. The molecule has 5 N–H and O–H groups in total. The second-order valence-corrected chi connectivity index (χ2v) is 4.61. The first-order valence-electron chi connectivity index (χ1n) is 5.69. The maximum atomic E-state index is 9.21. The van der Waals surface area contributed by atoms with E-state index in [4.69, 9.17) is 10.5 Å². The van der Waals surface area contributed by atoms with Crippen LogP contribution in [0.25, 0.3) is 0 Å². The molecule has 102 valence electrons. The minimum Gasteiger partial charge on any atom is -0.473 e. The Hall–Kier alpha value is -1.60. The van der Waals surface area contributed by atoms with Crippen LogP contribution in [0.5, 0.6) is 5.88 Å². The molecule has 0 aromatic carbocycles. The van der Waals surface area contributed by atoms with Crippen molar-refractivity contribution in [2.45, 2.75) is 32.4 Å². The van der Waals surface area contributed by atoms with Gasteiger partial charge >= 0.3 is 0 Å². The Labute approximate surface area is 106 Å². The van der Waals surface area contributed by atoms with Crippen LogP contribution in [0.2, 0.25) is 0 Å². The molecule has 0 radical (unpaired) electrons. The van der Waals surface area contributed by atoms with E-state index < -0.39 is 5.54 Å². The Balaban J connectivity index is 2.96. The minimum absolute atomic E-state index is 0.0582. The van der Waals surface area contributed by atoms with Gasteiger partial charge < -0.3 is 26.0 Å². The summed E-state index contributed by atoms with van der Waals surface area (Å²) < 4.78 is 5.43. The highest BCUT2D eigenvalue weighted by Gasteiger charge is 2.24. The summed E-state index contributed by atoms with van der Waals surface area (Å²) in [7, 11) is 0. The number of nitrogen functional groups attached to an aromatic ring is 1. The lowest BCUT2D eigenvalue weighted by Crippen LogP contribution is -2.43. The summed E-state index contributed by atoms with van der Waals surface area (Å²) >= 11 is 0. The molecule has 1 rings (SSSR count). The Morgan fingerprint density at radius 2 is 2.00 bits per heavy atom. The van der Waals surface area contributed by atoms with Gasteiger partial charge in [-0.05, 0) is 20.8 Å². The molecule has 0 spiro atoms. The summed E-state index contributed by atoms with van der Waals surface area (Å²) in [4.78, 5) is 7.92. The molecule has 7 heteroatoms. The molecule has 1 aromatic rings. The quantitative estimate of drug-likeness (QED) is 0.566. The van der Waals surface area contributed by atoms with Crippen molar-refractivity contribution in [2.24, 2.45) is 0 Å². The highest BCUT2D eigenvalue weighted by molar-refractivity contribution is 5.67. The SMILES string of the molecule is CC(C)Oc1ncnc(NC(C)(CO)CO)c1N. The lowest BCUT2D eigenvalue weighted by molar-refractivity contribution is 0.147. The summed E-state index contributed by atoms with van der Waals surface area (Å²) in [6.45, 7) is 4.86. The van der Waals surface area contributed by atoms with E-state index in [1.807, 2.05) is 13.8 Å². The molecule has 0 unspecified atom stereocenters. The summed E-state index contributed by atoms with van der Waals surface area (Å²) in [6, 6.07) is 0. The number of nitrogens with one attached hydrogen (secondary N) is 1. The van der Waals surface area contributed by atoms with Crippen molar-refractivity contribution < 1.29 is 14.9 Å².